The molecule has 2 heteroatoms. The molecule has 14 heavy (non-hydrogen) atoms. The van der Waals surface area contributed by atoms with E-state index in [1.54, 1.807) is 0 Å². The molecule has 2 aliphatic rings. The molecule has 82 valence electrons. The highest BCUT2D eigenvalue weighted by atomic mass is 16.3. The molecule has 0 aromatic carbocycles. The van der Waals surface area contributed by atoms with Gasteiger partial charge in [-0.2, -0.15) is 0 Å². The minimum absolute atomic E-state index is 0.0766. The maximum absolute atomic E-state index is 9.72. The quantitative estimate of drug-likeness (QED) is 0.710. The fourth-order valence-corrected chi connectivity index (χ4v) is 3.02. The van der Waals surface area contributed by atoms with Crippen LogP contribution in [0.1, 0.15) is 51.9 Å². The van der Waals surface area contributed by atoms with Gasteiger partial charge in [-0.05, 0) is 38.0 Å². The van der Waals surface area contributed by atoms with E-state index in [-0.39, 0.29) is 6.10 Å². The molecule has 2 fully saturated rings. The van der Waals surface area contributed by atoms with Crippen LogP contribution in [0.4, 0.5) is 0 Å². The van der Waals surface area contributed by atoms with Gasteiger partial charge in [-0.25, -0.2) is 0 Å². The third-order valence-corrected chi connectivity index (χ3v) is 3.87. The van der Waals surface area contributed by atoms with Crippen molar-refractivity contribution in [2.45, 2.75) is 70.1 Å². The molecule has 0 amide bonds. The van der Waals surface area contributed by atoms with E-state index in [1.807, 2.05) is 0 Å². The summed E-state index contributed by atoms with van der Waals surface area (Å²) in [5, 5.41) is 13.4. The largest absolute Gasteiger partial charge is 0.392 e. The number of rotatable bonds is 2. The summed E-state index contributed by atoms with van der Waals surface area (Å²) in [6.07, 6.45) is 8.67. The molecule has 0 aromatic rings. The van der Waals surface area contributed by atoms with Crippen molar-refractivity contribution in [1.29, 1.82) is 0 Å². The maximum Gasteiger partial charge on any atom is 0.0693 e. The summed E-state index contributed by atoms with van der Waals surface area (Å²) in [5.41, 5.74) is 0. The first-order valence-corrected chi connectivity index (χ1v) is 6.20. The summed E-state index contributed by atoms with van der Waals surface area (Å²) in [4.78, 5) is 0. The van der Waals surface area contributed by atoms with Gasteiger partial charge in [-0.15, -0.1) is 0 Å². The molecule has 0 radical (unpaired) electrons. The van der Waals surface area contributed by atoms with E-state index in [4.69, 9.17) is 0 Å². The predicted octanol–water partition coefficient (Wildman–Crippen LogP) is 2.07. The molecule has 0 aromatic heterocycles. The van der Waals surface area contributed by atoms with Crippen LogP contribution in [0.2, 0.25) is 0 Å². The van der Waals surface area contributed by atoms with Crippen molar-refractivity contribution in [3.63, 3.8) is 0 Å². The van der Waals surface area contributed by atoms with E-state index in [1.165, 1.54) is 38.5 Å². The molecule has 0 aliphatic heterocycles. The molecule has 2 saturated carbocycles. The molecule has 2 rings (SSSR count). The molecule has 0 saturated heterocycles. The normalized spacial score (nSPS) is 44.1. The zero-order valence-electron chi connectivity index (χ0n) is 9.21. The van der Waals surface area contributed by atoms with Crippen LogP contribution in [0.25, 0.3) is 0 Å². The van der Waals surface area contributed by atoms with Crippen molar-refractivity contribution in [2.24, 2.45) is 5.92 Å². The highest BCUT2D eigenvalue weighted by Gasteiger charge is 2.28. The van der Waals surface area contributed by atoms with E-state index in [9.17, 15) is 5.11 Å². The van der Waals surface area contributed by atoms with Crippen molar-refractivity contribution in [1.82, 2.24) is 5.32 Å². The number of aliphatic hydroxyl groups is 1. The standard InChI is InChI=1S/C12H23NO/c1-9-4-2-5-10(8-9)13-11-6-3-7-12(11)14/h9-14H,2-8H2,1H3/t9?,10?,11-,12-/m1/s1. The average Bonchev–Trinajstić information content (AvgIpc) is 2.52. The SMILES string of the molecule is CC1CCCC(N[C@@H]2CCC[C@H]2O)C1. The molecule has 4 atom stereocenters. The van der Waals surface area contributed by atoms with Crippen LogP contribution in [0.5, 0.6) is 0 Å². The topological polar surface area (TPSA) is 32.3 Å². The number of hydrogen-bond donors (Lipinski definition) is 2. The Morgan fingerprint density at radius 2 is 1.86 bits per heavy atom. The Morgan fingerprint density at radius 3 is 2.50 bits per heavy atom. The van der Waals surface area contributed by atoms with Crippen molar-refractivity contribution < 1.29 is 5.11 Å². The highest BCUT2D eigenvalue weighted by Crippen LogP contribution is 2.26. The second-order valence-electron chi connectivity index (χ2n) is 5.24. The van der Waals surface area contributed by atoms with Crippen LogP contribution in [-0.4, -0.2) is 23.3 Å². The summed E-state index contributed by atoms with van der Waals surface area (Å²) < 4.78 is 0. The zero-order chi connectivity index (χ0) is 9.97. The molecular weight excluding hydrogens is 174 g/mol. The van der Waals surface area contributed by atoms with Crippen LogP contribution in [0.15, 0.2) is 0 Å². The lowest BCUT2D eigenvalue weighted by molar-refractivity contribution is 0.134. The summed E-state index contributed by atoms with van der Waals surface area (Å²) in [6.45, 7) is 2.35. The second-order valence-corrected chi connectivity index (χ2v) is 5.24. The molecule has 2 aliphatic carbocycles. The Labute approximate surface area is 87.1 Å². The Bertz CT molecular complexity index is 183. The Kier molecular flexibility index (Phi) is 3.45. The molecule has 0 bridgehead atoms. The van der Waals surface area contributed by atoms with Gasteiger partial charge in [0.1, 0.15) is 0 Å². The Balaban J connectivity index is 1.78. The van der Waals surface area contributed by atoms with Crippen LogP contribution in [0, 0.1) is 5.92 Å². The molecule has 2 unspecified atom stereocenters. The first kappa shape index (κ1) is 10.4. The third kappa shape index (κ3) is 2.48. The summed E-state index contributed by atoms with van der Waals surface area (Å²) >= 11 is 0. The smallest absolute Gasteiger partial charge is 0.0693 e. The minimum Gasteiger partial charge on any atom is -0.392 e. The molecule has 2 N–H and O–H groups in total. The fourth-order valence-electron chi connectivity index (χ4n) is 3.02. The summed E-state index contributed by atoms with van der Waals surface area (Å²) in [7, 11) is 0. The first-order valence-electron chi connectivity index (χ1n) is 6.20. The lowest BCUT2D eigenvalue weighted by Crippen LogP contribution is -2.44. The minimum atomic E-state index is -0.0766. The number of nitrogens with one attached hydrogen (secondary N) is 1. The monoisotopic (exact) mass is 197 g/mol. The second kappa shape index (κ2) is 4.63. The number of aliphatic hydroxyl groups excluding tert-OH is 1. The molecule has 0 heterocycles. The summed E-state index contributed by atoms with van der Waals surface area (Å²) in [6, 6.07) is 1.07. The third-order valence-electron chi connectivity index (χ3n) is 3.87. The predicted molar refractivity (Wildman–Crippen MR) is 58.2 cm³/mol. The van der Waals surface area contributed by atoms with E-state index in [0.29, 0.717) is 12.1 Å². The van der Waals surface area contributed by atoms with E-state index < -0.39 is 0 Å². The van der Waals surface area contributed by atoms with Gasteiger partial charge in [-0.1, -0.05) is 19.8 Å². The van der Waals surface area contributed by atoms with E-state index in [2.05, 4.69) is 12.2 Å². The van der Waals surface area contributed by atoms with Gasteiger partial charge < -0.3 is 10.4 Å². The Hall–Kier alpha value is -0.0800. The van der Waals surface area contributed by atoms with Crippen molar-refractivity contribution in [3.05, 3.63) is 0 Å². The molecule has 2 nitrogen and oxygen atoms in total. The fraction of sp³-hybridized carbons (Fsp3) is 1.00. The van der Waals surface area contributed by atoms with Crippen LogP contribution < -0.4 is 5.32 Å². The number of hydrogen-bond acceptors (Lipinski definition) is 2. The highest BCUT2D eigenvalue weighted by molar-refractivity contribution is 4.87. The van der Waals surface area contributed by atoms with Crippen molar-refractivity contribution in [2.75, 3.05) is 0 Å². The zero-order valence-corrected chi connectivity index (χ0v) is 9.21. The van der Waals surface area contributed by atoms with Crippen LogP contribution >= 0.6 is 0 Å². The maximum atomic E-state index is 9.72. The van der Waals surface area contributed by atoms with Gasteiger partial charge in [0, 0.05) is 12.1 Å². The van der Waals surface area contributed by atoms with E-state index in [0.717, 1.165) is 12.3 Å². The van der Waals surface area contributed by atoms with Crippen molar-refractivity contribution >= 4 is 0 Å². The van der Waals surface area contributed by atoms with Crippen LogP contribution in [-0.2, 0) is 0 Å². The first-order chi connectivity index (χ1) is 6.75. The molecular formula is C12H23NO. The Morgan fingerprint density at radius 1 is 1.07 bits per heavy atom. The summed E-state index contributed by atoms with van der Waals surface area (Å²) in [5.74, 6) is 0.875. The lowest BCUT2D eigenvalue weighted by Gasteiger charge is -2.31. The van der Waals surface area contributed by atoms with Gasteiger partial charge >= 0.3 is 0 Å². The van der Waals surface area contributed by atoms with Gasteiger partial charge in [0.05, 0.1) is 6.10 Å². The lowest BCUT2D eigenvalue weighted by atomic mass is 9.86. The van der Waals surface area contributed by atoms with Crippen LogP contribution in [0.3, 0.4) is 0 Å². The van der Waals surface area contributed by atoms with Gasteiger partial charge in [-0.3, -0.25) is 0 Å². The van der Waals surface area contributed by atoms with Gasteiger partial charge in [0.15, 0.2) is 0 Å². The van der Waals surface area contributed by atoms with Gasteiger partial charge in [0.25, 0.3) is 0 Å². The van der Waals surface area contributed by atoms with Gasteiger partial charge in [0.2, 0.25) is 0 Å². The van der Waals surface area contributed by atoms with E-state index >= 15 is 0 Å². The average molecular weight is 197 g/mol. The molecule has 0 spiro atoms. The van der Waals surface area contributed by atoms with Crippen molar-refractivity contribution in [3.8, 4) is 0 Å².